The highest BCUT2D eigenvalue weighted by Crippen LogP contribution is 2.19. The first kappa shape index (κ1) is 13.2. The molecular formula is C14H14FN3O. The highest BCUT2D eigenvalue weighted by Gasteiger charge is 2.14. The summed E-state index contributed by atoms with van der Waals surface area (Å²) < 4.78 is 18.0. The lowest BCUT2D eigenvalue weighted by Crippen LogP contribution is -1.95. The molecule has 1 heterocycles. The first-order chi connectivity index (χ1) is 9.19. The Balaban J connectivity index is 2.01. The fourth-order valence-corrected chi connectivity index (χ4v) is 1.73. The van der Waals surface area contributed by atoms with Crippen LogP contribution >= 0.6 is 0 Å². The maximum absolute atomic E-state index is 12.8. The molecule has 1 atom stereocenters. The van der Waals surface area contributed by atoms with Crippen molar-refractivity contribution >= 4 is 0 Å². The molecule has 2 rings (SSSR count). The lowest BCUT2D eigenvalue weighted by atomic mass is 10.1. The predicted molar refractivity (Wildman–Crippen MR) is 66.8 cm³/mol. The normalized spacial score (nSPS) is 12.1. The van der Waals surface area contributed by atoms with Crippen LogP contribution in [0.25, 0.3) is 0 Å². The second-order valence-electron chi connectivity index (χ2n) is 4.45. The van der Waals surface area contributed by atoms with Crippen molar-refractivity contribution in [2.45, 2.75) is 32.1 Å². The van der Waals surface area contributed by atoms with E-state index in [0.717, 1.165) is 5.56 Å². The lowest BCUT2D eigenvalue weighted by Gasteiger charge is -2.00. The van der Waals surface area contributed by atoms with Crippen molar-refractivity contribution < 1.29 is 8.91 Å². The Kier molecular flexibility index (Phi) is 4.24. The van der Waals surface area contributed by atoms with E-state index in [4.69, 9.17) is 9.78 Å². The van der Waals surface area contributed by atoms with E-state index in [-0.39, 0.29) is 11.7 Å². The van der Waals surface area contributed by atoms with Crippen LogP contribution in [0.15, 0.2) is 28.8 Å². The summed E-state index contributed by atoms with van der Waals surface area (Å²) in [5.41, 5.74) is 0.929. The van der Waals surface area contributed by atoms with Gasteiger partial charge in [0.15, 0.2) is 5.82 Å². The number of hydrogen-bond acceptors (Lipinski definition) is 4. The minimum absolute atomic E-state index is 0.0779. The average Bonchev–Trinajstić information content (AvgIpc) is 2.87. The summed E-state index contributed by atoms with van der Waals surface area (Å²) in [6.07, 6.45) is 1.68. The maximum Gasteiger partial charge on any atom is 0.229 e. The van der Waals surface area contributed by atoms with Gasteiger partial charge in [-0.05, 0) is 24.1 Å². The van der Waals surface area contributed by atoms with Gasteiger partial charge < -0.3 is 4.52 Å². The van der Waals surface area contributed by atoms with Gasteiger partial charge >= 0.3 is 0 Å². The Morgan fingerprint density at radius 2 is 2.11 bits per heavy atom. The molecule has 0 bridgehead atoms. The second kappa shape index (κ2) is 6.10. The zero-order valence-electron chi connectivity index (χ0n) is 10.6. The van der Waals surface area contributed by atoms with E-state index in [0.29, 0.717) is 31.0 Å². The molecule has 0 saturated carbocycles. The average molecular weight is 259 g/mol. The molecule has 0 spiro atoms. The minimum Gasteiger partial charge on any atom is -0.339 e. The minimum atomic E-state index is -0.261. The molecule has 0 radical (unpaired) electrons. The van der Waals surface area contributed by atoms with Crippen molar-refractivity contribution in [1.82, 2.24) is 10.1 Å². The van der Waals surface area contributed by atoms with Crippen LogP contribution in [-0.2, 0) is 6.42 Å². The lowest BCUT2D eigenvalue weighted by molar-refractivity contribution is 0.351. The summed E-state index contributed by atoms with van der Waals surface area (Å²) in [4.78, 5) is 4.30. The number of hydrogen-bond donors (Lipinski definition) is 0. The highest BCUT2D eigenvalue weighted by atomic mass is 19.1. The molecular weight excluding hydrogens is 245 g/mol. The molecule has 2 aromatic rings. The quantitative estimate of drug-likeness (QED) is 0.827. The zero-order chi connectivity index (χ0) is 13.7. The fraction of sp³-hybridized carbons (Fsp3) is 0.357. The topological polar surface area (TPSA) is 62.7 Å². The number of rotatable bonds is 5. The molecule has 98 valence electrons. The Labute approximate surface area is 110 Å². The Hall–Kier alpha value is -2.22. The van der Waals surface area contributed by atoms with Crippen LogP contribution in [0.1, 0.15) is 43.0 Å². The third-order valence-corrected chi connectivity index (χ3v) is 2.87. The summed E-state index contributed by atoms with van der Waals surface area (Å²) >= 11 is 0. The van der Waals surface area contributed by atoms with Crippen LogP contribution < -0.4 is 0 Å². The van der Waals surface area contributed by atoms with Crippen molar-refractivity contribution in [3.63, 3.8) is 0 Å². The SMILES string of the molecule is CC(CCC#N)c1nc(Cc2ccc(F)cc2)no1. The van der Waals surface area contributed by atoms with Crippen LogP contribution in [-0.4, -0.2) is 10.1 Å². The Morgan fingerprint density at radius 3 is 2.79 bits per heavy atom. The van der Waals surface area contributed by atoms with E-state index in [2.05, 4.69) is 16.2 Å². The van der Waals surface area contributed by atoms with Gasteiger partial charge in [-0.25, -0.2) is 4.39 Å². The van der Waals surface area contributed by atoms with E-state index >= 15 is 0 Å². The number of nitrogens with zero attached hydrogens (tertiary/aromatic N) is 3. The Bertz CT molecular complexity index is 571. The van der Waals surface area contributed by atoms with Gasteiger partial charge in [0, 0.05) is 18.8 Å². The summed E-state index contributed by atoms with van der Waals surface area (Å²) in [5, 5.41) is 12.4. The summed E-state index contributed by atoms with van der Waals surface area (Å²) in [6.45, 7) is 1.95. The predicted octanol–water partition coefficient (Wildman–Crippen LogP) is 3.21. The van der Waals surface area contributed by atoms with Crippen LogP contribution in [0.4, 0.5) is 4.39 Å². The van der Waals surface area contributed by atoms with Crippen molar-refractivity contribution in [3.8, 4) is 6.07 Å². The van der Waals surface area contributed by atoms with Gasteiger partial charge in [0.05, 0.1) is 6.07 Å². The van der Waals surface area contributed by atoms with E-state index in [1.807, 2.05) is 6.92 Å². The van der Waals surface area contributed by atoms with E-state index in [1.54, 1.807) is 12.1 Å². The third-order valence-electron chi connectivity index (χ3n) is 2.87. The van der Waals surface area contributed by atoms with Crippen LogP contribution in [0.2, 0.25) is 0 Å². The molecule has 1 aromatic heterocycles. The summed E-state index contributed by atoms with van der Waals surface area (Å²) in [6, 6.07) is 8.31. The van der Waals surface area contributed by atoms with Crippen molar-refractivity contribution in [2.75, 3.05) is 0 Å². The van der Waals surface area contributed by atoms with Gasteiger partial charge in [-0.15, -0.1) is 0 Å². The van der Waals surface area contributed by atoms with Crippen molar-refractivity contribution in [2.24, 2.45) is 0 Å². The van der Waals surface area contributed by atoms with Crippen molar-refractivity contribution in [1.29, 1.82) is 5.26 Å². The summed E-state index contributed by atoms with van der Waals surface area (Å²) in [5.74, 6) is 0.939. The van der Waals surface area contributed by atoms with Gasteiger partial charge in [0.2, 0.25) is 5.89 Å². The van der Waals surface area contributed by atoms with Gasteiger partial charge in [-0.1, -0.05) is 24.2 Å². The van der Waals surface area contributed by atoms with E-state index in [9.17, 15) is 4.39 Å². The Morgan fingerprint density at radius 1 is 1.37 bits per heavy atom. The molecule has 4 nitrogen and oxygen atoms in total. The molecule has 0 amide bonds. The first-order valence-electron chi connectivity index (χ1n) is 6.13. The first-order valence-corrected chi connectivity index (χ1v) is 6.13. The molecule has 0 aliphatic heterocycles. The molecule has 1 unspecified atom stereocenters. The second-order valence-corrected chi connectivity index (χ2v) is 4.45. The fourth-order valence-electron chi connectivity index (χ4n) is 1.73. The zero-order valence-corrected chi connectivity index (χ0v) is 10.6. The number of halogens is 1. The van der Waals surface area contributed by atoms with Crippen LogP contribution in [0, 0.1) is 17.1 Å². The van der Waals surface area contributed by atoms with Crippen molar-refractivity contribution in [3.05, 3.63) is 47.4 Å². The molecule has 1 aromatic carbocycles. The van der Waals surface area contributed by atoms with E-state index < -0.39 is 0 Å². The molecule has 19 heavy (non-hydrogen) atoms. The smallest absolute Gasteiger partial charge is 0.229 e. The monoisotopic (exact) mass is 259 g/mol. The standard InChI is InChI=1S/C14H14FN3O/c1-10(3-2-8-16)14-17-13(18-19-14)9-11-4-6-12(15)7-5-11/h4-7,10H,2-3,9H2,1H3. The van der Waals surface area contributed by atoms with Gasteiger partial charge in [0.25, 0.3) is 0 Å². The largest absolute Gasteiger partial charge is 0.339 e. The molecule has 0 fully saturated rings. The maximum atomic E-state index is 12.8. The number of benzene rings is 1. The van der Waals surface area contributed by atoms with Crippen LogP contribution in [0.3, 0.4) is 0 Å². The van der Waals surface area contributed by atoms with E-state index in [1.165, 1.54) is 12.1 Å². The third kappa shape index (κ3) is 3.62. The van der Waals surface area contributed by atoms with Gasteiger partial charge in [-0.2, -0.15) is 10.2 Å². The molecule has 5 heteroatoms. The van der Waals surface area contributed by atoms with Gasteiger partial charge in [0.1, 0.15) is 5.82 Å². The summed E-state index contributed by atoms with van der Waals surface area (Å²) in [7, 11) is 0. The molecule has 0 aliphatic rings. The van der Waals surface area contributed by atoms with Crippen LogP contribution in [0.5, 0.6) is 0 Å². The molecule has 0 saturated heterocycles. The highest BCUT2D eigenvalue weighted by molar-refractivity contribution is 5.19. The van der Waals surface area contributed by atoms with Gasteiger partial charge in [-0.3, -0.25) is 0 Å². The number of nitriles is 1. The number of aromatic nitrogens is 2. The molecule has 0 aliphatic carbocycles. The molecule has 0 N–H and O–H groups in total.